The molecular formula is C13H4Cl6O3. The van der Waals surface area contributed by atoms with E-state index >= 15 is 0 Å². The van der Waals surface area contributed by atoms with Crippen LogP contribution in [0.2, 0.25) is 30.1 Å². The summed E-state index contributed by atoms with van der Waals surface area (Å²) in [4.78, 5) is 11.8. The minimum atomic E-state index is -1.08. The van der Waals surface area contributed by atoms with E-state index in [-0.39, 0.29) is 41.6 Å². The van der Waals surface area contributed by atoms with Gasteiger partial charge in [0.1, 0.15) is 10.0 Å². The predicted octanol–water partition coefficient (Wildman–Crippen LogP) is 7.18. The minimum absolute atomic E-state index is 0.0164. The second-order valence-electron chi connectivity index (χ2n) is 3.80. The first-order valence-electron chi connectivity index (χ1n) is 5.48. The topological polar surface area (TPSA) is 35.5 Å². The maximum absolute atomic E-state index is 11.8. The van der Waals surface area contributed by atoms with Gasteiger partial charge in [0.2, 0.25) is 0 Å². The number of benzene rings is 2. The molecule has 116 valence electrons. The third-order valence-electron chi connectivity index (χ3n) is 2.39. The van der Waals surface area contributed by atoms with Crippen molar-refractivity contribution in [2.24, 2.45) is 0 Å². The number of halogens is 6. The predicted molar refractivity (Wildman–Crippen MR) is 89.6 cm³/mol. The Hall–Kier alpha value is -0.550. The normalized spacial score (nSPS) is 10.5. The largest absolute Gasteiger partial charge is 0.519 e. The molecular weight excluding hydrogens is 417 g/mol. The highest BCUT2D eigenvalue weighted by Gasteiger charge is 2.17. The van der Waals surface area contributed by atoms with Gasteiger partial charge in [-0.1, -0.05) is 69.6 Å². The summed E-state index contributed by atoms with van der Waals surface area (Å²) in [5.41, 5.74) is 0. The zero-order chi connectivity index (χ0) is 16.4. The lowest BCUT2D eigenvalue weighted by molar-refractivity contribution is 0.152. The van der Waals surface area contributed by atoms with E-state index in [4.69, 9.17) is 79.1 Å². The van der Waals surface area contributed by atoms with Crippen molar-refractivity contribution in [3.63, 3.8) is 0 Å². The molecule has 2 aromatic carbocycles. The Labute approximate surface area is 155 Å². The summed E-state index contributed by atoms with van der Waals surface area (Å²) < 4.78 is 9.88. The highest BCUT2D eigenvalue weighted by Crippen LogP contribution is 2.39. The molecule has 0 saturated heterocycles. The van der Waals surface area contributed by atoms with Crippen molar-refractivity contribution in [2.45, 2.75) is 0 Å². The van der Waals surface area contributed by atoms with Crippen molar-refractivity contribution in [1.82, 2.24) is 0 Å². The van der Waals surface area contributed by atoms with Gasteiger partial charge in [0.05, 0.1) is 20.1 Å². The summed E-state index contributed by atoms with van der Waals surface area (Å²) >= 11 is 35.0. The molecule has 0 aromatic heterocycles. The Bertz CT molecular complexity index is 686. The third-order valence-corrected chi connectivity index (χ3v) is 4.94. The lowest BCUT2D eigenvalue weighted by Gasteiger charge is -2.10. The van der Waals surface area contributed by atoms with Crippen molar-refractivity contribution in [3.8, 4) is 11.5 Å². The summed E-state index contributed by atoms with van der Waals surface area (Å²) in [7, 11) is 0. The molecule has 0 N–H and O–H groups in total. The standard InChI is InChI=1S/C13H4Cl6O3/c14-5-1-3-7(11(18)9(5)16)21-13(20)22-8-4-2-6(15)10(17)12(8)19/h1-4H. The van der Waals surface area contributed by atoms with Gasteiger partial charge in [-0.25, -0.2) is 4.79 Å². The third kappa shape index (κ3) is 3.85. The Balaban J connectivity index is 2.18. The van der Waals surface area contributed by atoms with Crippen molar-refractivity contribution < 1.29 is 14.3 Å². The highest BCUT2D eigenvalue weighted by molar-refractivity contribution is 6.49. The monoisotopic (exact) mass is 418 g/mol. The number of carbonyl (C=O) groups is 1. The molecule has 0 aliphatic carbocycles. The van der Waals surface area contributed by atoms with E-state index in [0.29, 0.717) is 0 Å². The fourth-order valence-electron chi connectivity index (χ4n) is 1.37. The average Bonchev–Trinajstić information content (AvgIpc) is 2.48. The minimum Gasteiger partial charge on any atom is -0.393 e. The summed E-state index contributed by atoms with van der Waals surface area (Å²) in [6, 6.07) is 5.58. The van der Waals surface area contributed by atoms with Crippen LogP contribution in [0.25, 0.3) is 0 Å². The molecule has 0 atom stereocenters. The van der Waals surface area contributed by atoms with E-state index in [1.54, 1.807) is 0 Å². The molecule has 0 unspecified atom stereocenters. The first-order chi connectivity index (χ1) is 10.3. The molecule has 0 spiro atoms. The van der Waals surface area contributed by atoms with Crippen molar-refractivity contribution in [2.75, 3.05) is 0 Å². The molecule has 2 rings (SSSR count). The number of carbonyl (C=O) groups excluding carboxylic acids is 1. The van der Waals surface area contributed by atoms with Crippen LogP contribution in [0, 0.1) is 0 Å². The van der Waals surface area contributed by atoms with Crippen LogP contribution in [0.5, 0.6) is 11.5 Å². The lowest BCUT2D eigenvalue weighted by atomic mass is 10.3. The van der Waals surface area contributed by atoms with Gasteiger partial charge in [-0.3, -0.25) is 0 Å². The molecule has 0 fully saturated rings. The number of hydrogen-bond acceptors (Lipinski definition) is 3. The van der Waals surface area contributed by atoms with Crippen LogP contribution in [0.1, 0.15) is 0 Å². The summed E-state index contributed by atoms with van der Waals surface area (Å²) in [5.74, 6) is -0.0329. The van der Waals surface area contributed by atoms with Crippen molar-refractivity contribution in [3.05, 3.63) is 54.4 Å². The molecule has 0 radical (unpaired) electrons. The van der Waals surface area contributed by atoms with Gasteiger partial charge in [-0.2, -0.15) is 0 Å². The van der Waals surface area contributed by atoms with Gasteiger partial charge >= 0.3 is 6.16 Å². The summed E-state index contributed by atoms with van der Waals surface area (Å²) in [6.07, 6.45) is -1.08. The zero-order valence-corrected chi connectivity index (χ0v) is 14.8. The van der Waals surface area contributed by atoms with Crippen LogP contribution in [0.4, 0.5) is 4.79 Å². The van der Waals surface area contributed by atoms with E-state index in [2.05, 4.69) is 0 Å². The quantitative estimate of drug-likeness (QED) is 0.293. The molecule has 0 aliphatic rings. The molecule has 0 amide bonds. The number of hydrogen-bond donors (Lipinski definition) is 0. The first-order valence-corrected chi connectivity index (χ1v) is 7.74. The fourth-order valence-corrected chi connectivity index (χ4v) is 2.51. The Morgan fingerprint density at radius 3 is 1.36 bits per heavy atom. The lowest BCUT2D eigenvalue weighted by Crippen LogP contribution is -2.14. The zero-order valence-electron chi connectivity index (χ0n) is 10.3. The average molecular weight is 421 g/mol. The molecule has 22 heavy (non-hydrogen) atoms. The van der Waals surface area contributed by atoms with Crippen LogP contribution in [-0.4, -0.2) is 6.16 Å². The van der Waals surface area contributed by atoms with Crippen LogP contribution < -0.4 is 9.47 Å². The molecule has 0 saturated carbocycles. The summed E-state index contributed by atoms with van der Waals surface area (Å²) in [6.45, 7) is 0. The van der Waals surface area contributed by atoms with Crippen LogP contribution in [0.15, 0.2) is 24.3 Å². The SMILES string of the molecule is O=C(Oc1ccc(Cl)c(Cl)c1Cl)Oc1ccc(Cl)c(Cl)c1Cl. The Morgan fingerprint density at radius 2 is 1.00 bits per heavy atom. The van der Waals surface area contributed by atoms with E-state index in [9.17, 15) is 4.79 Å². The summed E-state index contributed by atoms with van der Waals surface area (Å²) in [5, 5.41) is 0.514. The smallest absolute Gasteiger partial charge is 0.393 e. The van der Waals surface area contributed by atoms with Gasteiger partial charge in [-0.05, 0) is 24.3 Å². The number of rotatable bonds is 2. The second kappa shape index (κ2) is 7.35. The maximum atomic E-state index is 11.8. The van der Waals surface area contributed by atoms with Crippen LogP contribution in [-0.2, 0) is 0 Å². The molecule has 2 aromatic rings. The number of ether oxygens (including phenoxy) is 2. The van der Waals surface area contributed by atoms with Gasteiger partial charge in [0.15, 0.2) is 11.5 Å². The van der Waals surface area contributed by atoms with Gasteiger partial charge in [-0.15, -0.1) is 0 Å². The van der Waals surface area contributed by atoms with Gasteiger partial charge < -0.3 is 9.47 Å². The molecule has 3 nitrogen and oxygen atoms in total. The maximum Gasteiger partial charge on any atom is 0.519 e. The van der Waals surface area contributed by atoms with E-state index in [1.165, 1.54) is 24.3 Å². The molecule has 0 bridgehead atoms. The van der Waals surface area contributed by atoms with Crippen LogP contribution >= 0.6 is 69.6 Å². The van der Waals surface area contributed by atoms with Crippen molar-refractivity contribution >= 4 is 75.8 Å². The Kier molecular flexibility index (Phi) is 5.94. The second-order valence-corrected chi connectivity index (χ2v) is 6.13. The molecule has 9 heteroatoms. The molecule has 0 aliphatic heterocycles. The van der Waals surface area contributed by atoms with E-state index in [1.807, 2.05) is 0 Å². The van der Waals surface area contributed by atoms with Crippen LogP contribution in [0.3, 0.4) is 0 Å². The van der Waals surface area contributed by atoms with E-state index in [0.717, 1.165) is 0 Å². The molecule has 0 heterocycles. The highest BCUT2D eigenvalue weighted by atomic mass is 35.5. The van der Waals surface area contributed by atoms with E-state index < -0.39 is 6.16 Å². The van der Waals surface area contributed by atoms with Crippen molar-refractivity contribution in [1.29, 1.82) is 0 Å². The fraction of sp³-hybridized carbons (Fsp3) is 0. The van der Waals surface area contributed by atoms with Gasteiger partial charge in [0, 0.05) is 0 Å². The van der Waals surface area contributed by atoms with Gasteiger partial charge in [0.25, 0.3) is 0 Å². The Morgan fingerprint density at radius 1 is 0.636 bits per heavy atom. The first kappa shape index (κ1) is 17.8.